The standard InChI is InChI=1S/C35H40F3N3O3/c1-34(2,38)21-40-13-10-25-16-27(44-20-24-6-4-3-5-7-24)8-9-28(25)33(40)32-29(36)17-26(18-30(32)37)41-22-35(23-41)11-14-39(15-12-35)19-31(42)43/h3-9,16-18,33H,10-15,19-23H2,1-2H3,(H,42,43). The number of hydrogen-bond donors (Lipinski definition) is 1. The third-order valence-electron chi connectivity index (χ3n) is 9.30. The number of benzene rings is 3. The Kier molecular flexibility index (Phi) is 8.37. The van der Waals surface area contributed by atoms with Crippen molar-refractivity contribution in [2.24, 2.45) is 5.41 Å². The van der Waals surface area contributed by atoms with Gasteiger partial charge in [-0.2, -0.15) is 0 Å². The van der Waals surface area contributed by atoms with Gasteiger partial charge in [0.25, 0.3) is 0 Å². The molecule has 1 unspecified atom stereocenters. The largest absolute Gasteiger partial charge is 0.489 e. The molecule has 0 bridgehead atoms. The van der Waals surface area contributed by atoms with Gasteiger partial charge < -0.3 is 14.7 Å². The number of hydrogen-bond acceptors (Lipinski definition) is 5. The molecule has 0 saturated carbocycles. The minimum Gasteiger partial charge on any atom is -0.489 e. The van der Waals surface area contributed by atoms with Crippen LogP contribution in [-0.2, 0) is 17.8 Å². The molecule has 2 fully saturated rings. The van der Waals surface area contributed by atoms with E-state index in [-0.39, 0.29) is 24.1 Å². The van der Waals surface area contributed by atoms with Gasteiger partial charge in [-0.25, -0.2) is 13.2 Å². The van der Waals surface area contributed by atoms with E-state index in [4.69, 9.17) is 9.84 Å². The average Bonchev–Trinajstić information content (AvgIpc) is 2.95. The number of piperidine rings is 1. The number of halogens is 3. The van der Waals surface area contributed by atoms with Crippen LogP contribution in [0.3, 0.4) is 0 Å². The molecule has 2 saturated heterocycles. The van der Waals surface area contributed by atoms with Crippen molar-refractivity contribution in [3.8, 4) is 5.75 Å². The van der Waals surface area contributed by atoms with Gasteiger partial charge in [0.15, 0.2) is 0 Å². The van der Waals surface area contributed by atoms with Gasteiger partial charge in [0.05, 0.1) is 12.6 Å². The molecule has 0 amide bonds. The van der Waals surface area contributed by atoms with E-state index in [0.29, 0.717) is 57.2 Å². The fourth-order valence-electron chi connectivity index (χ4n) is 7.13. The van der Waals surface area contributed by atoms with Crippen molar-refractivity contribution < 1.29 is 27.8 Å². The number of nitrogens with zero attached hydrogens (tertiary/aromatic N) is 3. The van der Waals surface area contributed by atoms with E-state index in [1.165, 1.54) is 26.0 Å². The van der Waals surface area contributed by atoms with Gasteiger partial charge in [-0.3, -0.25) is 14.6 Å². The van der Waals surface area contributed by atoms with Crippen molar-refractivity contribution in [3.63, 3.8) is 0 Å². The van der Waals surface area contributed by atoms with Gasteiger partial charge in [0.2, 0.25) is 0 Å². The second-order valence-electron chi connectivity index (χ2n) is 13.3. The number of rotatable bonds is 9. The summed E-state index contributed by atoms with van der Waals surface area (Å²) in [7, 11) is 0. The van der Waals surface area contributed by atoms with E-state index in [2.05, 4.69) is 0 Å². The molecule has 3 aliphatic rings. The van der Waals surface area contributed by atoms with Crippen LogP contribution in [0.1, 0.15) is 55.0 Å². The zero-order chi connectivity index (χ0) is 31.1. The Hall–Kier alpha value is -3.56. The number of aliphatic carboxylic acids is 1. The van der Waals surface area contributed by atoms with E-state index in [1.807, 2.05) is 63.2 Å². The number of carboxylic acids is 1. The van der Waals surface area contributed by atoms with Crippen LogP contribution in [0.4, 0.5) is 18.9 Å². The van der Waals surface area contributed by atoms with Crippen LogP contribution in [-0.4, -0.2) is 72.4 Å². The number of carboxylic acid groups (broad SMARTS) is 1. The Labute approximate surface area is 257 Å². The molecule has 234 valence electrons. The summed E-state index contributed by atoms with van der Waals surface area (Å²) in [4.78, 5) is 16.8. The molecule has 6 nitrogen and oxygen atoms in total. The number of carbonyl (C=O) groups is 1. The summed E-state index contributed by atoms with van der Waals surface area (Å²) in [6.07, 6.45) is 2.35. The molecule has 6 rings (SSSR count). The number of likely N-dealkylation sites (tertiary alicyclic amines) is 1. The Morgan fingerprint density at radius 1 is 1.00 bits per heavy atom. The SMILES string of the molecule is CC(C)(F)CN1CCc2cc(OCc3ccccc3)ccc2C1c1c(F)cc(N2CC3(CCN(CC(=O)O)CC3)C2)cc1F. The fraction of sp³-hybridized carbons (Fsp3) is 0.457. The van der Waals surface area contributed by atoms with Gasteiger partial charge in [0, 0.05) is 42.8 Å². The molecule has 3 aromatic carbocycles. The molecule has 1 spiro atoms. The maximum atomic E-state index is 16.0. The highest BCUT2D eigenvalue weighted by molar-refractivity contribution is 5.69. The third kappa shape index (κ3) is 6.59. The van der Waals surface area contributed by atoms with Crippen molar-refractivity contribution >= 4 is 11.7 Å². The van der Waals surface area contributed by atoms with E-state index in [1.54, 1.807) is 0 Å². The molecule has 0 aliphatic carbocycles. The number of alkyl halides is 1. The molecular weight excluding hydrogens is 567 g/mol. The third-order valence-corrected chi connectivity index (χ3v) is 9.30. The average molecular weight is 608 g/mol. The Morgan fingerprint density at radius 3 is 2.32 bits per heavy atom. The van der Waals surface area contributed by atoms with Crippen molar-refractivity contribution in [1.29, 1.82) is 0 Å². The zero-order valence-electron chi connectivity index (χ0n) is 25.4. The van der Waals surface area contributed by atoms with Crippen LogP contribution in [0.15, 0.2) is 60.7 Å². The first kappa shape index (κ1) is 30.5. The monoisotopic (exact) mass is 607 g/mol. The van der Waals surface area contributed by atoms with Gasteiger partial charge in [-0.1, -0.05) is 36.4 Å². The smallest absolute Gasteiger partial charge is 0.317 e. The van der Waals surface area contributed by atoms with Gasteiger partial charge in [-0.05, 0) is 87.2 Å². The number of fused-ring (bicyclic) bond motifs is 1. The normalized spacial score (nSPS) is 20.3. The van der Waals surface area contributed by atoms with Crippen LogP contribution < -0.4 is 9.64 Å². The van der Waals surface area contributed by atoms with Crippen molar-refractivity contribution in [1.82, 2.24) is 9.80 Å². The summed E-state index contributed by atoms with van der Waals surface area (Å²) in [6, 6.07) is 17.5. The summed E-state index contributed by atoms with van der Waals surface area (Å²) in [5, 5.41) is 9.08. The molecule has 3 aliphatic heterocycles. The van der Waals surface area contributed by atoms with Gasteiger partial charge >= 0.3 is 5.97 Å². The topological polar surface area (TPSA) is 56.2 Å². The Morgan fingerprint density at radius 2 is 1.68 bits per heavy atom. The second-order valence-corrected chi connectivity index (χ2v) is 13.3. The maximum Gasteiger partial charge on any atom is 0.317 e. The number of anilines is 1. The molecule has 9 heteroatoms. The lowest BCUT2D eigenvalue weighted by atomic mass is 9.71. The van der Waals surface area contributed by atoms with Crippen LogP contribution in [0.25, 0.3) is 0 Å². The molecular formula is C35H40F3N3O3. The molecule has 3 aromatic rings. The predicted molar refractivity (Wildman–Crippen MR) is 164 cm³/mol. The van der Waals surface area contributed by atoms with Crippen LogP contribution in [0, 0.1) is 17.0 Å². The first-order chi connectivity index (χ1) is 21.0. The summed E-state index contributed by atoms with van der Waals surface area (Å²) in [6.45, 7) is 6.72. The van der Waals surface area contributed by atoms with Gasteiger partial charge in [0.1, 0.15) is 29.7 Å². The molecule has 1 atom stereocenters. The van der Waals surface area contributed by atoms with E-state index >= 15 is 8.78 Å². The molecule has 3 heterocycles. The molecule has 0 aromatic heterocycles. The quantitative estimate of drug-likeness (QED) is 0.312. The zero-order valence-corrected chi connectivity index (χ0v) is 25.4. The minimum atomic E-state index is -1.55. The number of ether oxygens (including phenoxy) is 1. The predicted octanol–water partition coefficient (Wildman–Crippen LogP) is 6.23. The maximum absolute atomic E-state index is 16.0. The van der Waals surface area contributed by atoms with Gasteiger partial charge in [-0.15, -0.1) is 0 Å². The molecule has 1 N–H and O–H groups in total. The summed E-state index contributed by atoms with van der Waals surface area (Å²) >= 11 is 0. The Bertz CT molecular complexity index is 1470. The highest BCUT2D eigenvalue weighted by atomic mass is 19.1. The Balaban J connectivity index is 1.23. The van der Waals surface area contributed by atoms with Crippen LogP contribution in [0.2, 0.25) is 0 Å². The lowest BCUT2D eigenvalue weighted by Crippen LogP contribution is -2.60. The van der Waals surface area contributed by atoms with E-state index < -0.39 is 29.3 Å². The highest BCUT2D eigenvalue weighted by Crippen LogP contribution is 2.45. The fourth-order valence-corrected chi connectivity index (χ4v) is 7.13. The first-order valence-electron chi connectivity index (χ1n) is 15.4. The lowest BCUT2D eigenvalue weighted by Gasteiger charge is -2.55. The van der Waals surface area contributed by atoms with Crippen molar-refractivity contribution in [3.05, 3.63) is 94.6 Å². The van der Waals surface area contributed by atoms with Crippen molar-refractivity contribution in [2.75, 3.05) is 50.7 Å². The van der Waals surface area contributed by atoms with E-state index in [0.717, 1.165) is 29.5 Å². The molecule has 44 heavy (non-hydrogen) atoms. The first-order valence-corrected chi connectivity index (χ1v) is 15.4. The highest BCUT2D eigenvalue weighted by Gasteiger charge is 2.45. The summed E-state index contributed by atoms with van der Waals surface area (Å²) < 4.78 is 53.1. The minimum absolute atomic E-state index is 0.0392. The van der Waals surface area contributed by atoms with E-state index in [9.17, 15) is 9.18 Å². The second kappa shape index (κ2) is 12.1. The van der Waals surface area contributed by atoms with Crippen molar-refractivity contribution in [2.45, 2.75) is 51.4 Å². The lowest BCUT2D eigenvalue weighted by molar-refractivity contribution is -0.139. The van der Waals surface area contributed by atoms with Crippen LogP contribution in [0.5, 0.6) is 5.75 Å². The summed E-state index contributed by atoms with van der Waals surface area (Å²) in [5.41, 5.74) is 1.68. The molecule has 0 radical (unpaired) electrons. The summed E-state index contributed by atoms with van der Waals surface area (Å²) in [5.74, 6) is -1.42. The van der Waals surface area contributed by atoms with Crippen LogP contribution >= 0.6 is 0 Å².